The minimum absolute atomic E-state index is 0.0546. The molecule has 37 heavy (non-hydrogen) atoms. The third-order valence-corrected chi connectivity index (χ3v) is 6.90. The molecule has 2 heterocycles. The van der Waals surface area contributed by atoms with Crippen molar-refractivity contribution in [2.24, 2.45) is 0 Å². The fourth-order valence-corrected chi connectivity index (χ4v) is 4.93. The van der Waals surface area contributed by atoms with Gasteiger partial charge in [0.1, 0.15) is 17.3 Å². The molecule has 1 aliphatic rings. The zero-order valence-electron chi connectivity index (χ0n) is 20.9. The maximum atomic E-state index is 13.4. The largest absolute Gasteiger partial charge is 0.507 e. The van der Waals surface area contributed by atoms with E-state index in [1.54, 1.807) is 32.4 Å². The molecule has 5 rings (SSSR count). The van der Waals surface area contributed by atoms with Gasteiger partial charge in [-0.15, -0.1) is 0 Å². The van der Waals surface area contributed by atoms with E-state index in [9.17, 15) is 14.7 Å². The number of likely N-dealkylation sites (tertiary alicyclic amines) is 1. The lowest BCUT2D eigenvalue weighted by atomic mass is 9.94. The van der Waals surface area contributed by atoms with Crippen LogP contribution in [0.2, 0.25) is 0 Å². The van der Waals surface area contributed by atoms with E-state index >= 15 is 0 Å². The molecule has 0 aliphatic carbocycles. The molecule has 1 amide bonds. The monoisotopic (exact) mass is 496 g/mol. The Labute approximate surface area is 214 Å². The highest BCUT2D eigenvalue weighted by Gasteiger charge is 2.46. The van der Waals surface area contributed by atoms with Gasteiger partial charge < -0.3 is 24.5 Å². The number of rotatable bonds is 7. The molecule has 1 aromatic heterocycles. The molecule has 188 valence electrons. The number of benzene rings is 3. The fourth-order valence-electron chi connectivity index (χ4n) is 4.93. The van der Waals surface area contributed by atoms with E-state index in [0.29, 0.717) is 23.3 Å². The van der Waals surface area contributed by atoms with Crippen LogP contribution in [-0.2, 0) is 16.0 Å². The number of aryl methyl sites for hydroxylation is 1. The molecular weight excluding hydrogens is 468 g/mol. The van der Waals surface area contributed by atoms with E-state index in [4.69, 9.17) is 9.47 Å². The smallest absolute Gasteiger partial charge is 0.295 e. The van der Waals surface area contributed by atoms with Crippen LogP contribution in [-0.4, -0.2) is 47.4 Å². The van der Waals surface area contributed by atoms with Crippen molar-refractivity contribution in [3.05, 3.63) is 101 Å². The molecule has 7 nitrogen and oxygen atoms in total. The van der Waals surface area contributed by atoms with Gasteiger partial charge in [-0.3, -0.25) is 9.59 Å². The lowest BCUT2D eigenvalue weighted by Gasteiger charge is -2.26. The first kappa shape index (κ1) is 24.2. The number of methoxy groups -OCH3 is 2. The van der Waals surface area contributed by atoms with Gasteiger partial charge in [-0.05, 0) is 43.2 Å². The van der Waals surface area contributed by atoms with Crippen molar-refractivity contribution in [2.75, 3.05) is 20.8 Å². The summed E-state index contributed by atoms with van der Waals surface area (Å²) >= 11 is 0. The summed E-state index contributed by atoms with van der Waals surface area (Å²) in [6, 6.07) is 19.4. The van der Waals surface area contributed by atoms with Gasteiger partial charge in [0.05, 0.1) is 25.8 Å². The van der Waals surface area contributed by atoms with E-state index in [-0.39, 0.29) is 17.9 Å². The summed E-state index contributed by atoms with van der Waals surface area (Å²) in [7, 11) is 3.17. The molecule has 1 saturated heterocycles. The Kier molecular flexibility index (Phi) is 6.44. The lowest BCUT2D eigenvalue weighted by molar-refractivity contribution is -0.139. The number of carbonyl (C=O) groups excluding carboxylic acids is 2. The van der Waals surface area contributed by atoms with Gasteiger partial charge in [0, 0.05) is 34.8 Å². The molecule has 2 N–H and O–H groups in total. The van der Waals surface area contributed by atoms with Crippen LogP contribution >= 0.6 is 0 Å². The van der Waals surface area contributed by atoms with Gasteiger partial charge in [0.15, 0.2) is 0 Å². The molecule has 1 unspecified atom stereocenters. The highest BCUT2D eigenvalue weighted by Crippen LogP contribution is 2.42. The van der Waals surface area contributed by atoms with Crippen molar-refractivity contribution in [3.8, 4) is 11.5 Å². The molecule has 1 aliphatic heterocycles. The molecule has 3 aromatic carbocycles. The SMILES string of the molecule is COc1ccc2[nH]cc(CCN3C(=O)C(=O)/C(=C(\O)c4ccc(C)cc4)C3c3ccccc3OC)c2c1. The van der Waals surface area contributed by atoms with E-state index in [1.165, 1.54) is 4.90 Å². The zero-order valence-corrected chi connectivity index (χ0v) is 20.9. The van der Waals surface area contributed by atoms with Crippen molar-refractivity contribution in [1.29, 1.82) is 0 Å². The van der Waals surface area contributed by atoms with Gasteiger partial charge in [-0.1, -0.05) is 48.0 Å². The standard InChI is InChI=1S/C30H28N2O5/c1-18-8-10-19(11-9-18)28(33)26-27(22-6-4-5-7-25(22)37-3)32(30(35)29(26)34)15-14-20-17-31-24-13-12-21(36-2)16-23(20)24/h4-13,16-17,27,31,33H,14-15H2,1-3H3/b28-26-. The number of aromatic amines is 1. The van der Waals surface area contributed by atoms with Crippen molar-refractivity contribution in [3.63, 3.8) is 0 Å². The average Bonchev–Trinajstić information content (AvgIpc) is 3.44. The number of Topliss-reactive ketones (excluding diaryl/α,β-unsaturated/α-hetero) is 1. The highest BCUT2D eigenvalue weighted by atomic mass is 16.5. The normalized spacial score (nSPS) is 16.9. The molecule has 1 atom stereocenters. The summed E-state index contributed by atoms with van der Waals surface area (Å²) in [6.07, 6.45) is 2.40. The first-order valence-corrected chi connectivity index (χ1v) is 12.0. The predicted molar refractivity (Wildman–Crippen MR) is 142 cm³/mol. The zero-order chi connectivity index (χ0) is 26.1. The summed E-state index contributed by atoms with van der Waals surface area (Å²) < 4.78 is 11.0. The Morgan fingerprint density at radius 2 is 1.76 bits per heavy atom. The summed E-state index contributed by atoms with van der Waals surface area (Å²) in [6.45, 7) is 2.21. The Bertz CT molecular complexity index is 1520. The number of fused-ring (bicyclic) bond motifs is 1. The minimum Gasteiger partial charge on any atom is -0.507 e. The van der Waals surface area contributed by atoms with Crippen LogP contribution in [0.25, 0.3) is 16.7 Å². The second-order valence-electron chi connectivity index (χ2n) is 9.08. The number of aliphatic hydroxyl groups excluding tert-OH is 1. The van der Waals surface area contributed by atoms with Crippen molar-refractivity contribution < 1.29 is 24.2 Å². The van der Waals surface area contributed by atoms with Crippen LogP contribution in [0.4, 0.5) is 0 Å². The van der Waals surface area contributed by atoms with E-state index < -0.39 is 17.7 Å². The van der Waals surface area contributed by atoms with Gasteiger partial charge in [-0.25, -0.2) is 0 Å². The van der Waals surface area contributed by atoms with Crippen molar-refractivity contribution in [1.82, 2.24) is 9.88 Å². The van der Waals surface area contributed by atoms with E-state index in [1.807, 2.05) is 61.7 Å². The van der Waals surface area contributed by atoms with Crippen molar-refractivity contribution in [2.45, 2.75) is 19.4 Å². The number of para-hydroxylation sites is 1. The molecule has 0 bridgehead atoms. The number of ether oxygens (including phenoxy) is 2. The quantitative estimate of drug-likeness (QED) is 0.210. The maximum Gasteiger partial charge on any atom is 0.295 e. The first-order valence-electron chi connectivity index (χ1n) is 12.0. The number of H-pyrrole nitrogens is 1. The van der Waals surface area contributed by atoms with Gasteiger partial charge >= 0.3 is 0 Å². The van der Waals surface area contributed by atoms with Gasteiger partial charge in [0.2, 0.25) is 0 Å². The second-order valence-corrected chi connectivity index (χ2v) is 9.08. The summed E-state index contributed by atoms with van der Waals surface area (Å²) in [5.74, 6) is -0.294. The number of aromatic nitrogens is 1. The summed E-state index contributed by atoms with van der Waals surface area (Å²) in [5.41, 5.74) is 4.14. The molecule has 7 heteroatoms. The Balaban J connectivity index is 1.58. The third kappa shape index (κ3) is 4.33. The predicted octanol–water partition coefficient (Wildman–Crippen LogP) is 5.16. The maximum absolute atomic E-state index is 13.4. The van der Waals surface area contributed by atoms with E-state index in [0.717, 1.165) is 27.8 Å². The van der Waals surface area contributed by atoms with Crippen LogP contribution in [0.5, 0.6) is 11.5 Å². The second kappa shape index (κ2) is 9.85. The molecule has 4 aromatic rings. The van der Waals surface area contributed by atoms with Gasteiger partial charge in [0.25, 0.3) is 11.7 Å². The number of aliphatic hydroxyl groups is 1. The number of hydrogen-bond acceptors (Lipinski definition) is 5. The lowest BCUT2D eigenvalue weighted by Crippen LogP contribution is -2.31. The summed E-state index contributed by atoms with van der Waals surface area (Å²) in [4.78, 5) is 31.5. The Hall–Kier alpha value is -4.52. The average molecular weight is 497 g/mol. The van der Waals surface area contributed by atoms with Gasteiger partial charge in [-0.2, -0.15) is 0 Å². The number of hydrogen-bond donors (Lipinski definition) is 2. The number of ketones is 1. The number of nitrogens with zero attached hydrogens (tertiary/aromatic N) is 1. The highest BCUT2D eigenvalue weighted by molar-refractivity contribution is 6.46. The van der Waals surface area contributed by atoms with Crippen LogP contribution in [0.15, 0.2) is 78.5 Å². The van der Waals surface area contributed by atoms with Crippen molar-refractivity contribution >= 4 is 28.4 Å². The molecule has 1 fully saturated rings. The topological polar surface area (TPSA) is 91.9 Å². The first-order chi connectivity index (χ1) is 17.9. The van der Waals surface area contributed by atoms with Crippen LogP contribution in [0, 0.1) is 6.92 Å². The minimum atomic E-state index is -0.794. The van der Waals surface area contributed by atoms with Crippen LogP contribution in [0.1, 0.15) is 28.3 Å². The number of nitrogens with one attached hydrogen (secondary N) is 1. The number of carbonyl (C=O) groups is 2. The Morgan fingerprint density at radius 1 is 1.00 bits per heavy atom. The Morgan fingerprint density at radius 3 is 2.49 bits per heavy atom. The van der Waals surface area contributed by atoms with Crippen LogP contribution < -0.4 is 9.47 Å². The molecule has 0 spiro atoms. The third-order valence-electron chi connectivity index (χ3n) is 6.90. The molecule has 0 saturated carbocycles. The fraction of sp³-hybridized carbons (Fsp3) is 0.200. The number of amides is 1. The summed E-state index contributed by atoms with van der Waals surface area (Å²) in [5, 5.41) is 12.3. The molecule has 0 radical (unpaired) electrons. The van der Waals surface area contributed by atoms with Crippen LogP contribution in [0.3, 0.4) is 0 Å². The van der Waals surface area contributed by atoms with E-state index in [2.05, 4.69) is 4.98 Å². The molecular formula is C30H28N2O5.